The molecule has 130 valence electrons. The first-order valence-corrected chi connectivity index (χ1v) is 7.65. The molecule has 0 aromatic heterocycles. The van der Waals surface area contributed by atoms with Crippen molar-refractivity contribution in [3.63, 3.8) is 0 Å². The van der Waals surface area contributed by atoms with Crippen molar-refractivity contribution in [2.75, 3.05) is 23.7 Å². The van der Waals surface area contributed by atoms with Gasteiger partial charge < -0.3 is 15.5 Å². The normalized spacial score (nSPS) is 9.96. The Bertz CT molecular complexity index is 764. The molecule has 2 aromatic carbocycles. The molecule has 8 nitrogen and oxygen atoms in total. The third kappa shape index (κ3) is 5.03. The van der Waals surface area contributed by atoms with Gasteiger partial charge in [-0.2, -0.15) is 0 Å². The molecule has 3 amide bonds. The summed E-state index contributed by atoms with van der Waals surface area (Å²) in [6.07, 6.45) is 0. The Balaban J connectivity index is 2.00. The molecule has 0 heterocycles. The van der Waals surface area contributed by atoms with Crippen molar-refractivity contribution in [3.8, 4) is 0 Å². The number of para-hydroxylation sites is 3. The standard InChI is InChI=1S/C17H18N4O4/c1-2-20(17(23)18-13-8-4-3-5-9-13)12-16(22)19-14-10-6-7-11-15(14)21(24)25/h3-11H,2,12H2,1H3,(H,18,23)(H,19,22). The highest BCUT2D eigenvalue weighted by Gasteiger charge is 2.19. The molecule has 2 N–H and O–H groups in total. The SMILES string of the molecule is CCN(CC(=O)Nc1ccccc1[N+](=O)[O-])C(=O)Nc1ccccc1. The maximum atomic E-state index is 12.2. The third-order valence-corrected chi connectivity index (χ3v) is 3.40. The number of hydrogen-bond donors (Lipinski definition) is 2. The average molecular weight is 342 g/mol. The first kappa shape index (κ1) is 17.9. The molecule has 8 heteroatoms. The largest absolute Gasteiger partial charge is 0.322 e. The lowest BCUT2D eigenvalue weighted by molar-refractivity contribution is -0.383. The summed E-state index contributed by atoms with van der Waals surface area (Å²) in [6.45, 7) is 1.83. The quantitative estimate of drug-likeness (QED) is 0.621. The summed E-state index contributed by atoms with van der Waals surface area (Å²) in [5.41, 5.74) is 0.509. The van der Waals surface area contributed by atoms with E-state index in [-0.39, 0.29) is 17.9 Å². The minimum Gasteiger partial charge on any atom is -0.319 e. The molecule has 0 bridgehead atoms. The average Bonchev–Trinajstić information content (AvgIpc) is 2.60. The number of nitrogens with one attached hydrogen (secondary N) is 2. The predicted octanol–water partition coefficient (Wildman–Crippen LogP) is 3.09. The fraction of sp³-hybridized carbons (Fsp3) is 0.176. The van der Waals surface area contributed by atoms with Crippen molar-refractivity contribution in [3.05, 3.63) is 64.7 Å². The van der Waals surface area contributed by atoms with E-state index in [1.54, 1.807) is 37.3 Å². The zero-order valence-corrected chi connectivity index (χ0v) is 13.6. The van der Waals surface area contributed by atoms with E-state index in [0.717, 1.165) is 0 Å². The summed E-state index contributed by atoms with van der Waals surface area (Å²) in [5.74, 6) is -0.514. The zero-order chi connectivity index (χ0) is 18.2. The van der Waals surface area contributed by atoms with Gasteiger partial charge in [-0.05, 0) is 25.1 Å². The van der Waals surface area contributed by atoms with Crippen molar-refractivity contribution in [2.45, 2.75) is 6.92 Å². The van der Waals surface area contributed by atoms with Gasteiger partial charge in [0.05, 0.1) is 4.92 Å². The van der Waals surface area contributed by atoms with Crippen LogP contribution >= 0.6 is 0 Å². The van der Waals surface area contributed by atoms with E-state index in [2.05, 4.69) is 10.6 Å². The maximum Gasteiger partial charge on any atom is 0.322 e. The number of hydrogen-bond acceptors (Lipinski definition) is 4. The van der Waals surface area contributed by atoms with Crippen LogP contribution in [0.3, 0.4) is 0 Å². The summed E-state index contributed by atoms with van der Waals surface area (Å²) in [7, 11) is 0. The summed E-state index contributed by atoms with van der Waals surface area (Å²) in [5, 5.41) is 16.1. The van der Waals surface area contributed by atoms with Gasteiger partial charge in [0.15, 0.2) is 0 Å². The second-order valence-corrected chi connectivity index (χ2v) is 5.13. The number of nitro groups is 1. The lowest BCUT2D eigenvalue weighted by atomic mass is 10.2. The number of likely N-dealkylation sites (N-methyl/N-ethyl adjacent to an activating group) is 1. The van der Waals surface area contributed by atoms with Gasteiger partial charge in [-0.3, -0.25) is 14.9 Å². The van der Waals surface area contributed by atoms with Gasteiger partial charge in [0.1, 0.15) is 12.2 Å². The molecule has 0 aliphatic rings. The van der Waals surface area contributed by atoms with Crippen molar-refractivity contribution >= 4 is 29.0 Å². The van der Waals surface area contributed by atoms with Crippen LogP contribution in [0.25, 0.3) is 0 Å². The number of benzene rings is 2. The van der Waals surface area contributed by atoms with Gasteiger partial charge in [0, 0.05) is 18.3 Å². The van der Waals surface area contributed by atoms with Crippen LogP contribution in [0.4, 0.5) is 21.9 Å². The fourth-order valence-corrected chi connectivity index (χ4v) is 2.15. The summed E-state index contributed by atoms with van der Waals surface area (Å²) < 4.78 is 0. The van der Waals surface area contributed by atoms with Crippen LogP contribution in [0.15, 0.2) is 54.6 Å². The molecule has 0 saturated carbocycles. The Morgan fingerprint density at radius 3 is 2.32 bits per heavy atom. The molecule has 2 rings (SSSR count). The summed E-state index contributed by atoms with van der Waals surface area (Å²) in [6, 6.07) is 14.3. The Morgan fingerprint density at radius 1 is 1.04 bits per heavy atom. The smallest absolute Gasteiger partial charge is 0.319 e. The molecule has 0 fully saturated rings. The molecule has 0 saturated heterocycles. The predicted molar refractivity (Wildman–Crippen MR) is 94.4 cm³/mol. The van der Waals surface area contributed by atoms with Crippen LogP contribution in [-0.4, -0.2) is 34.9 Å². The van der Waals surface area contributed by atoms with Crippen molar-refractivity contribution in [1.82, 2.24) is 4.90 Å². The van der Waals surface area contributed by atoms with Gasteiger partial charge in [0.25, 0.3) is 5.69 Å². The van der Waals surface area contributed by atoms with Crippen LogP contribution in [0, 0.1) is 10.1 Å². The Hall–Kier alpha value is -3.42. The number of rotatable bonds is 6. The summed E-state index contributed by atoms with van der Waals surface area (Å²) in [4.78, 5) is 36.1. The topological polar surface area (TPSA) is 105 Å². The highest BCUT2D eigenvalue weighted by atomic mass is 16.6. The Kier molecular flexibility index (Phi) is 6.05. The van der Waals surface area contributed by atoms with Crippen LogP contribution in [-0.2, 0) is 4.79 Å². The van der Waals surface area contributed by atoms with Gasteiger partial charge in [-0.25, -0.2) is 4.79 Å². The number of urea groups is 1. The van der Waals surface area contributed by atoms with Gasteiger partial charge >= 0.3 is 6.03 Å². The third-order valence-electron chi connectivity index (χ3n) is 3.40. The summed E-state index contributed by atoms with van der Waals surface area (Å²) >= 11 is 0. The fourth-order valence-electron chi connectivity index (χ4n) is 2.15. The molecule has 0 radical (unpaired) electrons. The second-order valence-electron chi connectivity index (χ2n) is 5.13. The second kappa shape index (κ2) is 8.44. The monoisotopic (exact) mass is 342 g/mol. The minimum atomic E-state index is -0.574. The molecule has 0 aliphatic carbocycles. The molecule has 2 aromatic rings. The number of carbonyl (C=O) groups is 2. The Labute approximate surface area is 144 Å². The molecule has 0 aliphatic heterocycles. The highest BCUT2D eigenvalue weighted by molar-refractivity contribution is 5.98. The molecule has 25 heavy (non-hydrogen) atoms. The van der Waals surface area contributed by atoms with Crippen LogP contribution in [0.1, 0.15) is 6.92 Å². The van der Waals surface area contributed by atoms with E-state index in [4.69, 9.17) is 0 Å². The number of nitro benzene ring substituents is 1. The van der Waals surface area contributed by atoms with Crippen LogP contribution in [0.2, 0.25) is 0 Å². The molecular formula is C17H18N4O4. The van der Waals surface area contributed by atoms with Crippen LogP contribution in [0.5, 0.6) is 0 Å². The highest BCUT2D eigenvalue weighted by Crippen LogP contribution is 2.23. The number of amides is 3. The van der Waals surface area contributed by atoms with Crippen molar-refractivity contribution in [2.24, 2.45) is 0 Å². The van der Waals surface area contributed by atoms with E-state index >= 15 is 0 Å². The van der Waals surface area contributed by atoms with E-state index in [9.17, 15) is 19.7 Å². The molecule has 0 spiro atoms. The van der Waals surface area contributed by atoms with Crippen molar-refractivity contribution in [1.29, 1.82) is 0 Å². The first-order chi connectivity index (χ1) is 12.0. The lowest BCUT2D eigenvalue weighted by Crippen LogP contribution is -2.40. The molecule has 0 atom stereocenters. The lowest BCUT2D eigenvalue weighted by Gasteiger charge is -2.20. The van der Waals surface area contributed by atoms with Crippen molar-refractivity contribution < 1.29 is 14.5 Å². The van der Waals surface area contributed by atoms with E-state index in [1.165, 1.54) is 23.1 Å². The minimum absolute atomic E-state index is 0.0945. The van der Waals surface area contributed by atoms with E-state index in [1.807, 2.05) is 6.07 Å². The van der Waals surface area contributed by atoms with E-state index < -0.39 is 16.9 Å². The zero-order valence-electron chi connectivity index (χ0n) is 13.6. The molecule has 0 unspecified atom stereocenters. The molecular weight excluding hydrogens is 324 g/mol. The van der Waals surface area contributed by atoms with Gasteiger partial charge in [-0.15, -0.1) is 0 Å². The maximum absolute atomic E-state index is 12.2. The Morgan fingerprint density at radius 2 is 1.68 bits per heavy atom. The number of carbonyl (C=O) groups excluding carboxylic acids is 2. The van der Waals surface area contributed by atoms with Crippen LogP contribution < -0.4 is 10.6 Å². The van der Waals surface area contributed by atoms with Gasteiger partial charge in [0.2, 0.25) is 5.91 Å². The number of anilines is 2. The van der Waals surface area contributed by atoms with E-state index in [0.29, 0.717) is 12.2 Å². The van der Waals surface area contributed by atoms with Gasteiger partial charge in [-0.1, -0.05) is 30.3 Å². The number of nitrogens with zero attached hydrogens (tertiary/aromatic N) is 2. The first-order valence-electron chi connectivity index (χ1n) is 7.65.